The second-order valence-electron chi connectivity index (χ2n) is 6.20. The number of carbonyl (C=O) groups excluding carboxylic acids is 1. The number of amides is 1. The molecule has 0 saturated carbocycles. The summed E-state index contributed by atoms with van der Waals surface area (Å²) in [5, 5.41) is 24.7. The van der Waals surface area contributed by atoms with E-state index in [4.69, 9.17) is 11.6 Å². The molecule has 0 aliphatic rings. The summed E-state index contributed by atoms with van der Waals surface area (Å²) in [4.78, 5) is 40.6. The number of hydrazine groups is 1. The van der Waals surface area contributed by atoms with E-state index < -0.39 is 27.3 Å². The van der Waals surface area contributed by atoms with E-state index in [9.17, 15) is 29.4 Å². The molecule has 2 aromatic carbocycles. The van der Waals surface area contributed by atoms with Crippen molar-refractivity contribution in [2.24, 2.45) is 0 Å². The summed E-state index contributed by atoms with van der Waals surface area (Å²) < 4.78 is 13.3. The van der Waals surface area contributed by atoms with Crippen LogP contribution < -0.4 is 16.2 Å². The summed E-state index contributed by atoms with van der Waals surface area (Å²) in [7, 11) is 0. The Morgan fingerprint density at radius 3 is 2.34 bits per heavy atom. The van der Waals surface area contributed by atoms with E-state index in [1.165, 1.54) is 36.4 Å². The van der Waals surface area contributed by atoms with E-state index in [0.717, 1.165) is 12.4 Å². The van der Waals surface area contributed by atoms with E-state index in [1.807, 2.05) is 0 Å². The molecule has 0 atom stereocenters. The standard InChI is InChI=1S/C18H13ClFN7O5/c19-13-8-11(3-6-14(13)20)23-17-16(27(31)32)18(22-9-21-17)25-24-15(28)7-10-1-4-12(5-2-10)26(29)30/h1-6,8-9H,7H2,(H,24,28)(H2,21,22,23,25). The fraction of sp³-hybridized carbons (Fsp3) is 0.0556. The van der Waals surface area contributed by atoms with Gasteiger partial charge in [0, 0.05) is 17.8 Å². The highest BCUT2D eigenvalue weighted by molar-refractivity contribution is 6.31. The van der Waals surface area contributed by atoms with Crippen LogP contribution in [0.4, 0.5) is 33.1 Å². The summed E-state index contributed by atoms with van der Waals surface area (Å²) in [5.74, 6) is -1.77. The molecule has 14 heteroatoms. The Balaban J connectivity index is 1.72. The highest BCUT2D eigenvalue weighted by atomic mass is 35.5. The number of nitro groups is 2. The molecule has 0 aliphatic heterocycles. The Morgan fingerprint density at radius 1 is 1.03 bits per heavy atom. The smallest absolute Gasteiger partial charge is 0.334 e. The minimum absolute atomic E-state index is 0.119. The average Bonchev–Trinajstić information content (AvgIpc) is 2.75. The first-order chi connectivity index (χ1) is 15.2. The number of aromatic nitrogens is 2. The Hall–Kier alpha value is -4.39. The van der Waals surface area contributed by atoms with Crippen LogP contribution in [0.5, 0.6) is 0 Å². The molecule has 3 aromatic rings. The third-order valence-electron chi connectivity index (χ3n) is 4.02. The third-order valence-corrected chi connectivity index (χ3v) is 4.31. The third kappa shape index (κ3) is 5.40. The molecule has 164 valence electrons. The predicted octanol–water partition coefficient (Wildman–Crippen LogP) is 3.51. The lowest BCUT2D eigenvalue weighted by atomic mass is 10.1. The molecule has 0 spiro atoms. The lowest BCUT2D eigenvalue weighted by Crippen LogP contribution is -2.31. The zero-order valence-corrected chi connectivity index (χ0v) is 16.7. The van der Waals surface area contributed by atoms with Gasteiger partial charge in [0.25, 0.3) is 5.69 Å². The minimum atomic E-state index is -0.766. The number of anilines is 3. The van der Waals surface area contributed by atoms with Gasteiger partial charge in [-0.05, 0) is 23.8 Å². The van der Waals surface area contributed by atoms with E-state index in [2.05, 4.69) is 26.1 Å². The summed E-state index contributed by atoms with van der Waals surface area (Å²) in [5.41, 5.74) is 4.67. The fourth-order valence-electron chi connectivity index (χ4n) is 2.54. The van der Waals surface area contributed by atoms with Gasteiger partial charge in [-0.1, -0.05) is 23.7 Å². The molecular weight excluding hydrogens is 449 g/mol. The minimum Gasteiger partial charge on any atom is -0.334 e. The van der Waals surface area contributed by atoms with Crippen LogP contribution in [0.3, 0.4) is 0 Å². The Bertz CT molecular complexity index is 1190. The van der Waals surface area contributed by atoms with Crippen molar-refractivity contribution in [2.75, 3.05) is 10.7 Å². The van der Waals surface area contributed by atoms with Gasteiger partial charge in [0.05, 0.1) is 21.3 Å². The number of benzene rings is 2. The number of non-ortho nitro benzene ring substituents is 1. The number of halogens is 2. The molecule has 1 aromatic heterocycles. The van der Waals surface area contributed by atoms with E-state index in [1.54, 1.807) is 0 Å². The van der Waals surface area contributed by atoms with E-state index in [-0.39, 0.29) is 34.5 Å². The number of nitro benzene ring substituents is 1. The SMILES string of the molecule is O=C(Cc1ccc([N+](=O)[O-])cc1)NNc1ncnc(Nc2ccc(F)c(Cl)c2)c1[N+](=O)[O-]. The quantitative estimate of drug-likeness (QED) is 0.336. The van der Waals surface area contributed by atoms with Gasteiger partial charge in [0.15, 0.2) is 0 Å². The monoisotopic (exact) mass is 461 g/mol. The van der Waals surface area contributed by atoms with Crippen LogP contribution in [0.2, 0.25) is 5.02 Å². The van der Waals surface area contributed by atoms with Crippen LogP contribution >= 0.6 is 11.6 Å². The molecule has 0 bridgehead atoms. The summed E-state index contributed by atoms with van der Waals surface area (Å²) in [6.07, 6.45) is 0.869. The first-order valence-electron chi connectivity index (χ1n) is 8.74. The predicted molar refractivity (Wildman–Crippen MR) is 112 cm³/mol. The van der Waals surface area contributed by atoms with Crippen molar-refractivity contribution in [3.05, 3.63) is 85.4 Å². The van der Waals surface area contributed by atoms with Gasteiger partial charge >= 0.3 is 5.69 Å². The zero-order chi connectivity index (χ0) is 23.3. The number of hydrogen-bond donors (Lipinski definition) is 3. The topological polar surface area (TPSA) is 165 Å². The normalized spacial score (nSPS) is 10.3. The van der Waals surface area contributed by atoms with Crippen molar-refractivity contribution in [2.45, 2.75) is 6.42 Å². The Morgan fingerprint density at radius 2 is 1.72 bits per heavy atom. The molecule has 0 saturated heterocycles. The summed E-state index contributed by atoms with van der Waals surface area (Å²) in [6, 6.07) is 8.96. The highest BCUT2D eigenvalue weighted by Gasteiger charge is 2.24. The maximum Gasteiger partial charge on any atom is 0.355 e. The molecule has 3 N–H and O–H groups in total. The first kappa shape index (κ1) is 22.3. The van der Waals surface area contributed by atoms with Gasteiger partial charge < -0.3 is 5.32 Å². The lowest BCUT2D eigenvalue weighted by Gasteiger charge is -2.11. The molecule has 1 heterocycles. The summed E-state index contributed by atoms with van der Waals surface area (Å²) in [6.45, 7) is 0. The van der Waals surface area contributed by atoms with Crippen molar-refractivity contribution in [3.63, 3.8) is 0 Å². The van der Waals surface area contributed by atoms with Gasteiger partial charge in [0.2, 0.25) is 17.5 Å². The van der Waals surface area contributed by atoms with Crippen molar-refractivity contribution in [1.29, 1.82) is 0 Å². The van der Waals surface area contributed by atoms with Crippen LogP contribution in [0.25, 0.3) is 0 Å². The van der Waals surface area contributed by atoms with Gasteiger partial charge in [-0.3, -0.25) is 35.9 Å². The number of hydrogen-bond acceptors (Lipinski definition) is 9. The van der Waals surface area contributed by atoms with Crippen LogP contribution in [-0.4, -0.2) is 25.7 Å². The number of carbonyl (C=O) groups is 1. The molecule has 0 aliphatic carbocycles. The van der Waals surface area contributed by atoms with Gasteiger partial charge in [-0.15, -0.1) is 0 Å². The van der Waals surface area contributed by atoms with Crippen LogP contribution in [0.15, 0.2) is 48.8 Å². The van der Waals surface area contributed by atoms with Gasteiger partial charge in [0.1, 0.15) is 12.1 Å². The maximum atomic E-state index is 13.3. The summed E-state index contributed by atoms with van der Waals surface area (Å²) >= 11 is 5.71. The molecule has 0 unspecified atom stereocenters. The molecular formula is C18H13ClFN7O5. The number of nitrogens with zero attached hydrogens (tertiary/aromatic N) is 4. The van der Waals surface area contributed by atoms with Gasteiger partial charge in [-0.2, -0.15) is 0 Å². The van der Waals surface area contributed by atoms with Gasteiger partial charge in [-0.25, -0.2) is 14.4 Å². The van der Waals surface area contributed by atoms with Crippen molar-refractivity contribution in [3.8, 4) is 0 Å². The maximum absolute atomic E-state index is 13.3. The zero-order valence-electron chi connectivity index (χ0n) is 15.9. The molecule has 32 heavy (non-hydrogen) atoms. The van der Waals surface area contributed by atoms with Crippen molar-refractivity contribution in [1.82, 2.24) is 15.4 Å². The average molecular weight is 462 g/mol. The molecule has 1 amide bonds. The number of rotatable bonds is 8. The highest BCUT2D eigenvalue weighted by Crippen LogP contribution is 2.31. The lowest BCUT2D eigenvalue weighted by molar-refractivity contribution is -0.384. The van der Waals surface area contributed by atoms with Crippen molar-refractivity contribution < 1.29 is 19.0 Å². The molecule has 0 radical (unpaired) electrons. The molecule has 12 nitrogen and oxygen atoms in total. The molecule has 0 fully saturated rings. The largest absolute Gasteiger partial charge is 0.355 e. The van der Waals surface area contributed by atoms with Crippen LogP contribution in [0, 0.1) is 26.0 Å². The number of nitrogens with one attached hydrogen (secondary N) is 3. The molecule has 3 rings (SSSR count). The van der Waals surface area contributed by atoms with E-state index >= 15 is 0 Å². The van der Waals surface area contributed by atoms with Crippen LogP contribution in [-0.2, 0) is 11.2 Å². The Labute approximate surface area is 183 Å². The first-order valence-corrected chi connectivity index (χ1v) is 9.12. The Kier molecular flexibility index (Phi) is 6.70. The second-order valence-corrected chi connectivity index (χ2v) is 6.61. The fourth-order valence-corrected chi connectivity index (χ4v) is 2.72. The van der Waals surface area contributed by atoms with Crippen molar-refractivity contribution >= 4 is 46.2 Å². The van der Waals surface area contributed by atoms with E-state index in [0.29, 0.717) is 5.56 Å². The van der Waals surface area contributed by atoms with Crippen LogP contribution in [0.1, 0.15) is 5.56 Å². The second kappa shape index (κ2) is 9.61.